The maximum Gasteiger partial charge on any atom is 0.387 e. The van der Waals surface area contributed by atoms with E-state index in [1.54, 1.807) is 13.0 Å². The van der Waals surface area contributed by atoms with Crippen LogP contribution in [-0.4, -0.2) is 49.6 Å². The van der Waals surface area contributed by atoms with Crippen molar-refractivity contribution in [1.29, 1.82) is 0 Å². The van der Waals surface area contributed by atoms with Crippen molar-refractivity contribution in [2.45, 2.75) is 19.6 Å². The van der Waals surface area contributed by atoms with Gasteiger partial charge in [0.2, 0.25) is 11.8 Å². The molecule has 6 nitrogen and oxygen atoms in total. The van der Waals surface area contributed by atoms with Crippen LogP contribution in [0.3, 0.4) is 0 Å². The van der Waals surface area contributed by atoms with Crippen LogP contribution in [-0.2, 0) is 9.59 Å². The molecule has 0 radical (unpaired) electrons. The third kappa shape index (κ3) is 4.01. The Hall–Kier alpha value is -2.64. The van der Waals surface area contributed by atoms with E-state index in [0.29, 0.717) is 13.1 Å². The maximum atomic E-state index is 12.6. The first-order chi connectivity index (χ1) is 11.4. The summed E-state index contributed by atoms with van der Waals surface area (Å²) in [5.41, 5.74) is 0.275. The molecule has 1 N–H and O–H groups in total. The average Bonchev–Trinajstić information content (AvgIpc) is 2.55. The maximum absolute atomic E-state index is 12.6. The van der Waals surface area contributed by atoms with Crippen molar-refractivity contribution < 1.29 is 27.8 Å². The van der Waals surface area contributed by atoms with Gasteiger partial charge in [-0.25, -0.2) is 0 Å². The highest BCUT2D eigenvalue weighted by molar-refractivity contribution is 5.96. The molecule has 0 aliphatic carbocycles. The zero-order valence-electron chi connectivity index (χ0n) is 13.3. The predicted molar refractivity (Wildman–Crippen MR) is 82.8 cm³/mol. The number of ether oxygens (including phenoxy) is 2. The van der Waals surface area contributed by atoms with Gasteiger partial charge < -0.3 is 19.7 Å². The van der Waals surface area contributed by atoms with Gasteiger partial charge in [0.25, 0.3) is 0 Å². The molecule has 1 aliphatic rings. The number of rotatable bonds is 5. The van der Waals surface area contributed by atoms with E-state index in [1.165, 1.54) is 36.3 Å². The molecular formula is C16H18F2N2O4. The van der Waals surface area contributed by atoms with Crippen LogP contribution in [0.15, 0.2) is 24.3 Å². The number of methoxy groups -OCH3 is 1. The van der Waals surface area contributed by atoms with Crippen LogP contribution in [0, 0.1) is 0 Å². The molecular weight excluding hydrogens is 322 g/mol. The van der Waals surface area contributed by atoms with Gasteiger partial charge in [0, 0.05) is 24.7 Å². The number of para-hydroxylation sites is 1. The number of carbonyl (C=O) groups is 2. The second-order valence-electron chi connectivity index (χ2n) is 5.09. The molecule has 1 saturated heterocycles. The van der Waals surface area contributed by atoms with Crippen LogP contribution in [0.25, 0.3) is 6.08 Å². The Labute approximate surface area is 138 Å². The van der Waals surface area contributed by atoms with Crippen LogP contribution in [0.4, 0.5) is 8.78 Å². The third-order valence-corrected chi connectivity index (χ3v) is 3.62. The normalized spacial score (nSPS) is 18.0. The topological polar surface area (TPSA) is 67.9 Å². The number of carbonyl (C=O) groups excluding carboxylic acids is 2. The lowest BCUT2D eigenvalue weighted by Crippen LogP contribution is -2.55. The number of halogens is 2. The Balaban J connectivity index is 2.21. The smallest absolute Gasteiger partial charge is 0.387 e. The summed E-state index contributed by atoms with van der Waals surface area (Å²) >= 11 is 0. The monoisotopic (exact) mass is 340 g/mol. The van der Waals surface area contributed by atoms with Gasteiger partial charge in [-0.05, 0) is 19.1 Å². The predicted octanol–water partition coefficient (Wildman–Crippen LogP) is 1.66. The van der Waals surface area contributed by atoms with E-state index in [2.05, 4.69) is 10.1 Å². The molecule has 1 aliphatic heterocycles. The van der Waals surface area contributed by atoms with Crippen molar-refractivity contribution in [1.82, 2.24) is 10.2 Å². The molecule has 0 aromatic heterocycles. The van der Waals surface area contributed by atoms with Crippen molar-refractivity contribution >= 4 is 17.9 Å². The van der Waals surface area contributed by atoms with Gasteiger partial charge in [-0.2, -0.15) is 8.78 Å². The second kappa shape index (κ2) is 7.76. The minimum absolute atomic E-state index is 0.135. The highest BCUT2D eigenvalue weighted by Gasteiger charge is 2.27. The Bertz CT molecular complexity index is 649. The molecule has 0 spiro atoms. The van der Waals surface area contributed by atoms with Crippen molar-refractivity contribution in [3.8, 4) is 11.5 Å². The fourth-order valence-corrected chi connectivity index (χ4v) is 2.38. The summed E-state index contributed by atoms with van der Waals surface area (Å²) < 4.78 is 34.6. The lowest BCUT2D eigenvalue weighted by Gasteiger charge is -2.31. The standard InChI is InChI=1S/C16H18F2N2O4/c1-10-15(22)19-8-9-20(10)13(21)7-6-11-4-3-5-12(23-2)14(11)24-16(17)18/h3-7,10,16H,8-9H2,1-2H3,(H,19,22). The highest BCUT2D eigenvalue weighted by atomic mass is 19.3. The molecule has 2 rings (SSSR count). The molecule has 1 unspecified atom stereocenters. The lowest BCUT2D eigenvalue weighted by atomic mass is 10.1. The van der Waals surface area contributed by atoms with E-state index in [0.717, 1.165) is 0 Å². The van der Waals surface area contributed by atoms with E-state index < -0.39 is 12.7 Å². The molecule has 8 heteroatoms. The molecule has 2 amide bonds. The fraction of sp³-hybridized carbons (Fsp3) is 0.375. The highest BCUT2D eigenvalue weighted by Crippen LogP contribution is 2.33. The fourth-order valence-electron chi connectivity index (χ4n) is 2.38. The first kappa shape index (κ1) is 17.7. The van der Waals surface area contributed by atoms with Gasteiger partial charge in [-0.1, -0.05) is 12.1 Å². The molecule has 0 bridgehead atoms. The summed E-state index contributed by atoms with van der Waals surface area (Å²) in [7, 11) is 1.33. The molecule has 1 aromatic carbocycles. The van der Waals surface area contributed by atoms with E-state index >= 15 is 0 Å². The Morgan fingerprint density at radius 2 is 2.21 bits per heavy atom. The SMILES string of the molecule is COc1cccc(C=CC(=O)N2CCNC(=O)C2C)c1OC(F)F. The van der Waals surface area contributed by atoms with E-state index in [4.69, 9.17) is 4.74 Å². The summed E-state index contributed by atoms with van der Waals surface area (Å²) in [5.74, 6) is -0.631. The number of hydrogen-bond donors (Lipinski definition) is 1. The number of nitrogens with zero attached hydrogens (tertiary/aromatic N) is 1. The van der Waals surface area contributed by atoms with Crippen LogP contribution in [0.5, 0.6) is 11.5 Å². The first-order valence-corrected chi connectivity index (χ1v) is 7.32. The second-order valence-corrected chi connectivity index (χ2v) is 5.09. The minimum atomic E-state index is -3.02. The van der Waals surface area contributed by atoms with Crippen molar-refractivity contribution in [2.24, 2.45) is 0 Å². The van der Waals surface area contributed by atoms with Crippen LogP contribution in [0.1, 0.15) is 12.5 Å². The van der Waals surface area contributed by atoms with Gasteiger partial charge >= 0.3 is 6.61 Å². The summed E-state index contributed by atoms with van der Waals surface area (Å²) in [4.78, 5) is 25.3. The van der Waals surface area contributed by atoms with Crippen LogP contribution in [0.2, 0.25) is 0 Å². The molecule has 0 saturated carbocycles. The van der Waals surface area contributed by atoms with E-state index in [1.807, 2.05) is 0 Å². The van der Waals surface area contributed by atoms with Gasteiger partial charge in [0.1, 0.15) is 6.04 Å². The quantitative estimate of drug-likeness (QED) is 0.828. The van der Waals surface area contributed by atoms with Gasteiger partial charge in [0.05, 0.1) is 7.11 Å². The van der Waals surface area contributed by atoms with Gasteiger partial charge in [0.15, 0.2) is 11.5 Å². The van der Waals surface area contributed by atoms with Crippen molar-refractivity contribution in [2.75, 3.05) is 20.2 Å². The molecule has 1 aromatic rings. The molecule has 1 atom stereocenters. The summed E-state index contributed by atoms with van der Waals surface area (Å²) in [5, 5.41) is 2.66. The Morgan fingerprint density at radius 1 is 1.46 bits per heavy atom. The molecule has 130 valence electrons. The minimum Gasteiger partial charge on any atom is -0.493 e. The Kier molecular flexibility index (Phi) is 5.73. The largest absolute Gasteiger partial charge is 0.493 e. The number of benzene rings is 1. The van der Waals surface area contributed by atoms with E-state index in [-0.39, 0.29) is 28.9 Å². The van der Waals surface area contributed by atoms with E-state index in [9.17, 15) is 18.4 Å². The zero-order valence-corrected chi connectivity index (χ0v) is 13.3. The third-order valence-electron chi connectivity index (χ3n) is 3.62. The Morgan fingerprint density at radius 3 is 2.88 bits per heavy atom. The summed E-state index contributed by atoms with van der Waals surface area (Å²) in [6, 6.07) is 4.01. The summed E-state index contributed by atoms with van der Waals surface area (Å²) in [6.07, 6.45) is 2.59. The molecule has 1 fully saturated rings. The number of amides is 2. The van der Waals surface area contributed by atoms with Crippen LogP contribution >= 0.6 is 0 Å². The number of piperazine rings is 1. The summed E-state index contributed by atoms with van der Waals surface area (Å²) in [6.45, 7) is -0.636. The van der Waals surface area contributed by atoms with Gasteiger partial charge in [-0.15, -0.1) is 0 Å². The molecule has 1 heterocycles. The first-order valence-electron chi connectivity index (χ1n) is 7.32. The number of hydrogen-bond acceptors (Lipinski definition) is 4. The average molecular weight is 340 g/mol. The van der Waals surface area contributed by atoms with Crippen molar-refractivity contribution in [3.05, 3.63) is 29.8 Å². The number of nitrogens with one attached hydrogen (secondary N) is 1. The number of alkyl halides is 2. The molecule has 24 heavy (non-hydrogen) atoms. The van der Waals surface area contributed by atoms with Crippen LogP contribution < -0.4 is 14.8 Å². The van der Waals surface area contributed by atoms with Gasteiger partial charge in [-0.3, -0.25) is 9.59 Å². The van der Waals surface area contributed by atoms with Crippen molar-refractivity contribution in [3.63, 3.8) is 0 Å². The lowest BCUT2D eigenvalue weighted by molar-refractivity contribution is -0.139. The zero-order chi connectivity index (χ0) is 17.7.